The van der Waals surface area contributed by atoms with Crippen molar-refractivity contribution in [3.8, 4) is 0 Å². The second-order valence-corrected chi connectivity index (χ2v) is 7.79. The molecule has 0 bridgehead atoms. The largest absolute Gasteiger partial charge is 0.395 e. The van der Waals surface area contributed by atoms with Crippen LogP contribution >= 0.6 is 34.8 Å². The van der Waals surface area contributed by atoms with Gasteiger partial charge in [-0.25, -0.2) is 8.42 Å². The van der Waals surface area contributed by atoms with Crippen LogP contribution in [0.2, 0.25) is 15.1 Å². The van der Waals surface area contributed by atoms with Gasteiger partial charge in [-0.3, -0.25) is 4.90 Å². The average molecular weight is 374 g/mol. The van der Waals surface area contributed by atoms with Gasteiger partial charge in [-0.1, -0.05) is 34.8 Å². The summed E-state index contributed by atoms with van der Waals surface area (Å²) in [7, 11) is -3.70. The molecular weight excluding hydrogens is 359 g/mol. The number of aliphatic hydroxyl groups is 1. The zero-order valence-electron chi connectivity index (χ0n) is 11.1. The smallest absolute Gasteiger partial charge is 0.244 e. The van der Waals surface area contributed by atoms with Crippen LogP contribution in [0.3, 0.4) is 0 Å². The molecule has 1 aliphatic heterocycles. The van der Waals surface area contributed by atoms with Crippen molar-refractivity contribution in [2.75, 3.05) is 39.3 Å². The molecule has 0 spiro atoms. The Morgan fingerprint density at radius 3 is 2.14 bits per heavy atom. The van der Waals surface area contributed by atoms with Crippen LogP contribution < -0.4 is 0 Å². The maximum Gasteiger partial charge on any atom is 0.244 e. The topological polar surface area (TPSA) is 60.9 Å². The van der Waals surface area contributed by atoms with E-state index in [1.54, 1.807) is 0 Å². The standard InChI is InChI=1S/C12H15Cl3N2O3S/c13-9-7-11(15)12(8-10(9)14)21(19,20)17-3-1-16(2-4-17)5-6-18/h7-8,18H,1-6H2. The van der Waals surface area contributed by atoms with E-state index in [0.717, 1.165) is 0 Å². The lowest BCUT2D eigenvalue weighted by Gasteiger charge is -2.33. The van der Waals surface area contributed by atoms with Crippen molar-refractivity contribution >= 4 is 44.8 Å². The first-order chi connectivity index (χ1) is 9.86. The summed E-state index contributed by atoms with van der Waals surface area (Å²) in [6.07, 6.45) is 0. The Labute approximate surface area is 139 Å². The molecule has 0 atom stereocenters. The number of benzene rings is 1. The molecular formula is C12H15Cl3N2O3S. The van der Waals surface area contributed by atoms with Gasteiger partial charge in [-0.15, -0.1) is 0 Å². The molecule has 5 nitrogen and oxygen atoms in total. The molecule has 0 radical (unpaired) electrons. The summed E-state index contributed by atoms with van der Waals surface area (Å²) in [5, 5.41) is 9.32. The van der Waals surface area contributed by atoms with Gasteiger partial charge in [0.25, 0.3) is 0 Å². The number of piperazine rings is 1. The van der Waals surface area contributed by atoms with Crippen LogP contribution in [0, 0.1) is 0 Å². The highest BCUT2D eigenvalue weighted by Gasteiger charge is 2.30. The van der Waals surface area contributed by atoms with Crippen LogP contribution in [-0.2, 0) is 10.0 Å². The predicted molar refractivity (Wildman–Crippen MR) is 83.8 cm³/mol. The first-order valence-electron chi connectivity index (χ1n) is 6.34. The molecule has 1 heterocycles. The average Bonchev–Trinajstić information content (AvgIpc) is 2.43. The Bertz CT molecular complexity index is 616. The Balaban J connectivity index is 2.22. The van der Waals surface area contributed by atoms with Crippen LogP contribution in [-0.4, -0.2) is 62.1 Å². The zero-order valence-corrected chi connectivity index (χ0v) is 14.2. The molecule has 21 heavy (non-hydrogen) atoms. The lowest BCUT2D eigenvalue weighted by Crippen LogP contribution is -2.49. The van der Waals surface area contributed by atoms with E-state index in [1.807, 2.05) is 4.90 Å². The second-order valence-electron chi connectivity index (χ2n) is 4.67. The van der Waals surface area contributed by atoms with Crippen molar-refractivity contribution < 1.29 is 13.5 Å². The van der Waals surface area contributed by atoms with E-state index >= 15 is 0 Å². The second kappa shape index (κ2) is 7.00. The third kappa shape index (κ3) is 3.82. The summed E-state index contributed by atoms with van der Waals surface area (Å²) in [6.45, 7) is 2.43. The minimum absolute atomic E-state index is 0.0332. The number of hydrogen-bond acceptors (Lipinski definition) is 4. The number of aliphatic hydroxyl groups excluding tert-OH is 1. The van der Waals surface area contributed by atoms with Gasteiger partial charge in [0.2, 0.25) is 10.0 Å². The number of nitrogens with zero attached hydrogens (tertiary/aromatic N) is 2. The van der Waals surface area contributed by atoms with Gasteiger partial charge in [-0.2, -0.15) is 4.31 Å². The van der Waals surface area contributed by atoms with Gasteiger partial charge in [-0.05, 0) is 12.1 Å². The van der Waals surface area contributed by atoms with E-state index in [0.29, 0.717) is 32.7 Å². The van der Waals surface area contributed by atoms with E-state index in [2.05, 4.69) is 0 Å². The van der Waals surface area contributed by atoms with E-state index in [4.69, 9.17) is 39.9 Å². The van der Waals surface area contributed by atoms with E-state index in [1.165, 1.54) is 16.4 Å². The van der Waals surface area contributed by atoms with E-state index in [-0.39, 0.29) is 26.6 Å². The predicted octanol–water partition coefficient (Wildman–Crippen LogP) is 1.95. The van der Waals surface area contributed by atoms with Gasteiger partial charge in [0.05, 0.1) is 21.7 Å². The SMILES string of the molecule is O=S(=O)(c1cc(Cl)c(Cl)cc1Cl)N1CCN(CCO)CC1. The Morgan fingerprint density at radius 2 is 1.57 bits per heavy atom. The van der Waals surface area contributed by atoms with Crippen LogP contribution in [0.1, 0.15) is 0 Å². The Morgan fingerprint density at radius 1 is 1.00 bits per heavy atom. The van der Waals surface area contributed by atoms with Gasteiger partial charge in [0, 0.05) is 32.7 Å². The van der Waals surface area contributed by atoms with Crippen molar-refractivity contribution in [3.05, 3.63) is 27.2 Å². The highest BCUT2D eigenvalue weighted by atomic mass is 35.5. The fourth-order valence-electron chi connectivity index (χ4n) is 2.18. The Kier molecular flexibility index (Phi) is 5.76. The lowest BCUT2D eigenvalue weighted by atomic mass is 10.3. The fraction of sp³-hybridized carbons (Fsp3) is 0.500. The molecule has 0 saturated carbocycles. The normalized spacial score (nSPS) is 18.1. The van der Waals surface area contributed by atoms with E-state index < -0.39 is 10.0 Å². The molecule has 1 N–H and O–H groups in total. The number of rotatable bonds is 4. The molecule has 2 rings (SSSR count). The molecule has 1 aliphatic rings. The minimum Gasteiger partial charge on any atom is -0.395 e. The van der Waals surface area contributed by atoms with Gasteiger partial charge in [0.15, 0.2) is 0 Å². The van der Waals surface area contributed by atoms with Crippen molar-refractivity contribution in [3.63, 3.8) is 0 Å². The Hall–Kier alpha value is -0.0800. The van der Waals surface area contributed by atoms with Crippen molar-refractivity contribution in [1.82, 2.24) is 9.21 Å². The molecule has 1 aromatic rings. The summed E-state index contributed by atoms with van der Waals surface area (Å²) in [5.41, 5.74) is 0. The maximum atomic E-state index is 12.6. The number of hydrogen-bond donors (Lipinski definition) is 1. The highest BCUT2D eigenvalue weighted by molar-refractivity contribution is 7.89. The zero-order chi connectivity index (χ0) is 15.6. The summed E-state index contributed by atoms with van der Waals surface area (Å²) in [5.74, 6) is 0. The molecule has 1 fully saturated rings. The number of β-amino-alcohol motifs (C(OH)–C–C–N with tert-alkyl or cyclic N) is 1. The quantitative estimate of drug-likeness (QED) is 0.820. The summed E-state index contributed by atoms with van der Waals surface area (Å²) >= 11 is 17.7. The molecule has 1 aromatic carbocycles. The van der Waals surface area contributed by atoms with Crippen LogP contribution in [0.5, 0.6) is 0 Å². The fourth-order valence-corrected chi connectivity index (χ4v) is 4.57. The molecule has 9 heteroatoms. The number of sulfonamides is 1. The van der Waals surface area contributed by atoms with Gasteiger partial charge in [0.1, 0.15) is 4.90 Å². The molecule has 1 saturated heterocycles. The minimum atomic E-state index is -3.70. The van der Waals surface area contributed by atoms with E-state index in [9.17, 15) is 8.42 Å². The van der Waals surface area contributed by atoms with Crippen molar-refractivity contribution in [2.45, 2.75) is 4.90 Å². The van der Waals surface area contributed by atoms with Crippen LogP contribution in [0.25, 0.3) is 0 Å². The van der Waals surface area contributed by atoms with Gasteiger partial charge < -0.3 is 5.11 Å². The first-order valence-corrected chi connectivity index (χ1v) is 8.91. The first kappa shape index (κ1) is 17.3. The molecule has 0 unspecified atom stereocenters. The van der Waals surface area contributed by atoms with Crippen LogP contribution in [0.4, 0.5) is 0 Å². The van der Waals surface area contributed by atoms with Crippen LogP contribution in [0.15, 0.2) is 17.0 Å². The molecule has 118 valence electrons. The molecule has 0 aliphatic carbocycles. The highest BCUT2D eigenvalue weighted by Crippen LogP contribution is 2.33. The molecule has 0 aromatic heterocycles. The summed E-state index contributed by atoms with van der Waals surface area (Å²) < 4.78 is 26.6. The maximum absolute atomic E-state index is 12.6. The third-order valence-corrected chi connectivity index (χ3v) is 6.43. The lowest BCUT2D eigenvalue weighted by molar-refractivity contribution is 0.151. The summed E-state index contributed by atoms with van der Waals surface area (Å²) in [4.78, 5) is 1.97. The molecule has 0 amide bonds. The van der Waals surface area contributed by atoms with Crippen molar-refractivity contribution in [1.29, 1.82) is 0 Å². The third-order valence-electron chi connectivity index (χ3n) is 3.34. The van der Waals surface area contributed by atoms with Crippen molar-refractivity contribution in [2.24, 2.45) is 0 Å². The monoisotopic (exact) mass is 372 g/mol. The summed E-state index contributed by atoms with van der Waals surface area (Å²) in [6, 6.07) is 2.61. The number of halogens is 3. The van der Waals surface area contributed by atoms with Gasteiger partial charge >= 0.3 is 0 Å².